The lowest BCUT2D eigenvalue weighted by molar-refractivity contribution is -0.139. The van der Waals surface area contributed by atoms with Crippen LogP contribution in [0.1, 0.15) is 47.0 Å². The number of rotatable bonds is 6. The van der Waals surface area contributed by atoms with Crippen LogP contribution in [0.25, 0.3) is 0 Å². The number of aliphatic carboxylic acids is 1. The van der Waals surface area contributed by atoms with Gasteiger partial charge in [-0.15, -0.1) is 0 Å². The molecule has 84 valence electrons. The van der Waals surface area contributed by atoms with E-state index >= 15 is 0 Å². The first-order chi connectivity index (χ1) is 6.31. The Bertz CT molecular complexity index is 190. The van der Waals surface area contributed by atoms with Gasteiger partial charge in [-0.1, -0.05) is 34.1 Å². The fraction of sp³-hybridized carbons (Fsp3) is 0.909. The van der Waals surface area contributed by atoms with Crippen LogP contribution < -0.4 is 5.73 Å². The Balaban J connectivity index is 4.18. The van der Waals surface area contributed by atoms with Crippen molar-refractivity contribution in [1.29, 1.82) is 0 Å². The van der Waals surface area contributed by atoms with Crippen LogP contribution in [0.3, 0.4) is 0 Å². The van der Waals surface area contributed by atoms with Gasteiger partial charge in [-0.25, -0.2) is 0 Å². The number of hydrogen-bond donors (Lipinski definition) is 2. The zero-order chi connectivity index (χ0) is 11.4. The van der Waals surface area contributed by atoms with Crippen molar-refractivity contribution in [3.8, 4) is 0 Å². The Morgan fingerprint density at radius 2 is 2.00 bits per heavy atom. The highest BCUT2D eigenvalue weighted by molar-refractivity contribution is 5.73. The molecule has 0 spiro atoms. The van der Waals surface area contributed by atoms with Crippen molar-refractivity contribution in [1.82, 2.24) is 0 Å². The minimum absolute atomic E-state index is 0.182. The van der Waals surface area contributed by atoms with Crippen LogP contribution >= 0.6 is 0 Å². The summed E-state index contributed by atoms with van der Waals surface area (Å²) in [6, 6.07) is -0.721. The van der Waals surface area contributed by atoms with Gasteiger partial charge in [0.2, 0.25) is 0 Å². The quantitative estimate of drug-likeness (QED) is 0.692. The normalized spacial score (nSPS) is 16.4. The fourth-order valence-electron chi connectivity index (χ4n) is 1.69. The van der Waals surface area contributed by atoms with Crippen LogP contribution in [-0.4, -0.2) is 17.1 Å². The Morgan fingerprint density at radius 3 is 2.36 bits per heavy atom. The van der Waals surface area contributed by atoms with Crippen molar-refractivity contribution in [3.63, 3.8) is 0 Å². The Labute approximate surface area is 86.7 Å². The highest BCUT2D eigenvalue weighted by Gasteiger charge is 2.28. The topological polar surface area (TPSA) is 63.3 Å². The van der Waals surface area contributed by atoms with Crippen LogP contribution in [0.4, 0.5) is 0 Å². The smallest absolute Gasteiger partial charge is 0.320 e. The molecule has 2 atom stereocenters. The third-order valence-electron chi connectivity index (χ3n) is 3.15. The van der Waals surface area contributed by atoms with Gasteiger partial charge in [-0.3, -0.25) is 4.79 Å². The van der Waals surface area contributed by atoms with Crippen molar-refractivity contribution < 1.29 is 9.90 Å². The summed E-state index contributed by atoms with van der Waals surface area (Å²) < 4.78 is 0. The first-order valence-corrected chi connectivity index (χ1v) is 5.29. The Kier molecular flexibility index (Phi) is 5.13. The summed E-state index contributed by atoms with van der Waals surface area (Å²) in [7, 11) is 0. The second-order valence-electron chi connectivity index (χ2n) is 4.82. The molecule has 0 aromatic carbocycles. The minimum atomic E-state index is -0.899. The summed E-state index contributed by atoms with van der Waals surface area (Å²) in [6.45, 7) is 8.58. The van der Waals surface area contributed by atoms with E-state index in [0.717, 1.165) is 12.8 Å². The SMILES string of the molecule is CCCC(C)(C)C(C)CC(N)C(=O)O. The molecule has 0 aromatic rings. The molecular weight excluding hydrogens is 178 g/mol. The van der Waals surface area contributed by atoms with E-state index in [0.29, 0.717) is 12.3 Å². The molecule has 3 N–H and O–H groups in total. The molecule has 3 nitrogen and oxygen atoms in total. The molecule has 0 fully saturated rings. The monoisotopic (exact) mass is 201 g/mol. The Morgan fingerprint density at radius 1 is 1.50 bits per heavy atom. The summed E-state index contributed by atoms with van der Waals surface area (Å²) in [5.41, 5.74) is 5.69. The molecule has 0 radical (unpaired) electrons. The summed E-state index contributed by atoms with van der Waals surface area (Å²) in [5.74, 6) is -0.558. The predicted molar refractivity (Wildman–Crippen MR) is 58.1 cm³/mol. The number of nitrogens with two attached hydrogens (primary N) is 1. The lowest BCUT2D eigenvalue weighted by Gasteiger charge is -2.32. The standard InChI is InChI=1S/C11H23NO2/c1-5-6-11(3,4)8(2)7-9(12)10(13)14/h8-9H,5-7,12H2,1-4H3,(H,13,14). The zero-order valence-electron chi connectivity index (χ0n) is 9.71. The van der Waals surface area contributed by atoms with Crippen LogP contribution in [0, 0.1) is 11.3 Å². The van der Waals surface area contributed by atoms with Crippen LogP contribution in [0.5, 0.6) is 0 Å². The van der Waals surface area contributed by atoms with Crippen LogP contribution in [0.2, 0.25) is 0 Å². The maximum atomic E-state index is 10.6. The average Bonchev–Trinajstić information content (AvgIpc) is 2.03. The van der Waals surface area contributed by atoms with Gasteiger partial charge in [0.05, 0.1) is 0 Å². The molecule has 0 aliphatic carbocycles. The highest BCUT2D eigenvalue weighted by Crippen LogP contribution is 2.34. The molecule has 0 saturated carbocycles. The summed E-state index contributed by atoms with van der Waals surface area (Å²) >= 11 is 0. The van der Waals surface area contributed by atoms with E-state index < -0.39 is 12.0 Å². The lowest BCUT2D eigenvalue weighted by atomic mass is 9.74. The average molecular weight is 201 g/mol. The molecule has 0 saturated heterocycles. The molecule has 0 rings (SSSR count). The van der Waals surface area contributed by atoms with E-state index in [2.05, 4.69) is 27.7 Å². The van der Waals surface area contributed by atoms with Gasteiger partial charge in [0.1, 0.15) is 6.04 Å². The van der Waals surface area contributed by atoms with Crippen molar-refractivity contribution in [2.45, 2.75) is 53.0 Å². The van der Waals surface area contributed by atoms with E-state index in [1.807, 2.05) is 0 Å². The molecule has 0 aliphatic rings. The van der Waals surface area contributed by atoms with E-state index in [1.165, 1.54) is 0 Å². The van der Waals surface area contributed by atoms with Gasteiger partial charge < -0.3 is 10.8 Å². The minimum Gasteiger partial charge on any atom is -0.480 e. The van der Waals surface area contributed by atoms with Gasteiger partial charge in [0.25, 0.3) is 0 Å². The van der Waals surface area contributed by atoms with Crippen LogP contribution in [-0.2, 0) is 4.79 Å². The van der Waals surface area contributed by atoms with Gasteiger partial charge in [0, 0.05) is 0 Å². The van der Waals surface area contributed by atoms with Gasteiger partial charge in [-0.2, -0.15) is 0 Å². The highest BCUT2D eigenvalue weighted by atomic mass is 16.4. The van der Waals surface area contributed by atoms with Crippen molar-refractivity contribution in [2.24, 2.45) is 17.1 Å². The van der Waals surface area contributed by atoms with E-state index in [-0.39, 0.29) is 5.41 Å². The van der Waals surface area contributed by atoms with Crippen molar-refractivity contribution in [2.75, 3.05) is 0 Å². The molecule has 14 heavy (non-hydrogen) atoms. The van der Waals surface area contributed by atoms with Gasteiger partial charge in [-0.05, 0) is 24.2 Å². The number of carbonyl (C=O) groups is 1. The number of carboxylic acid groups (broad SMARTS) is 1. The maximum absolute atomic E-state index is 10.6. The summed E-state index contributed by atoms with van der Waals surface area (Å²) in [5, 5.41) is 8.70. The molecule has 0 amide bonds. The molecule has 0 bridgehead atoms. The molecule has 0 aliphatic heterocycles. The molecular formula is C11H23NO2. The fourth-order valence-corrected chi connectivity index (χ4v) is 1.69. The second kappa shape index (κ2) is 5.35. The largest absolute Gasteiger partial charge is 0.480 e. The first kappa shape index (κ1) is 13.4. The summed E-state index contributed by atoms with van der Waals surface area (Å²) in [6.07, 6.45) is 2.79. The van der Waals surface area contributed by atoms with Crippen LogP contribution in [0.15, 0.2) is 0 Å². The van der Waals surface area contributed by atoms with Crippen molar-refractivity contribution >= 4 is 5.97 Å². The third kappa shape index (κ3) is 4.09. The maximum Gasteiger partial charge on any atom is 0.320 e. The molecule has 3 heteroatoms. The number of carboxylic acids is 1. The van der Waals surface area contributed by atoms with E-state index in [1.54, 1.807) is 0 Å². The zero-order valence-corrected chi connectivity index (χ0v) is 9.71. The first-order valence-electron chi connectivity index (χ1n) is 5.29. The van der Waals surface area contributed by atoms with E-state index in [9.17, 15) is 4.79 Å². The molecule has 2 unspecified atom stereocenters. The lowest BCUT2D eigenvalue weighted by Crippen LogP contribution is -2.35. The van der Waals surface area contributed by atoms with Crippen molar-refractivity contribution in [3.05, 3.63) is 0 Å². The van der Waals surface area contributed by atoms with Gasteiger partial charge >= 0.3 is 5.97 Å². The molecule has 0 heterocycles. The Hall–Kier alpha value is -0.570. The van der Waals surface area contributed by atoms with E-state index in [4.69, 9.17) is 10.8 Å². The second-order valence-corrected chi connectivity index (χ2v) is 4.82. The summed E-state index contributed by atoms with van der Waals surface area (Å²) in [4.78, 5) is 10.6. The molecule has 0 aromatic heterocycles. The number of hydrogen-bond acceptors (Lipinski definition) is 2. The third-order valence-corrected chi connectivity index (χ3v) is 3.15. The van der Waals surface area contributed by atoms with Gasteiger partial charge in [0.15, 0.2) is 0 Å². The predicted octanol–water partition coefficient (Wildman–Crippen LogP) is 2.25.